The van der Waals surface area contributed by atoms with Gasteiger partial charge in [0, 0.05) is 0 Å². The van der Waals surface area contributed by atoms with Gasteiger partial charge < -0.3 is 34.0 Å². The fraction of sp³-hybridized carbons (Fsp3) is 0. The first-order valence-corrected chi connectivity index (χ1v) is 0. The molecule has 0 amide bonds. The Hall–Kier alpha value is 2.15. The van der Waals surface area contributed by atoms with Gasteiger partial charge in [-0.25, -0.2) is 0 Å². The summed E-state index contributed by atoms with van der Waals surface area (Å²) in [6.07, 6.45) is 0. The minimum absolute atomic E-state index is 0. The van der Waals surface area contributed by atoms with Crippen LogP contribution in [-0.4, -0.2) is 0 Å². The molecule has 0 aromatic rings. The molecular formula is Br2Li2. The van der Waals surface area contributed by atoms with Gasteiger partial charge >= 0.3 is 37.7 Å². The zero-order chi connectivity index (χ0) is 0. The average molecular weight is 174 g/mol. The number of hydrogen-bond donors (Lipinski definition) is 0. The maximum absolute atomic E-state index is 0. The van der Waals surface area contributed by atoms with E-state index in [9.17, 15) is 0 Å². The summed E-state index contributed by atoms with van der Waals surface area (Å²) < 4.78 is 0. The first-order valence-electron chi connectivity index (χ1n) is 0. The van der Waals surface area contributed by atoms with Crippen LogP contribution >= 0.6 is 0 Å². The molecule has 0 rings (SSSR count). The third kappa shape index (κ3) is 8.91. The molecule has 16 valence electrons. The van der Waals surface area contributed by atoms with Gasteiger partial charge in [0.25, 0.3) is 0 Å². The molecule has 0 saturated heterocycles. The van der Waals surface area contributed by atoms with Crippen LogP contribution in [0.1, 0.15) is 0 Å². The van der Waals surface area contributed by atoms with Gasteiger partial charge in [0.05, 0.1) is 0 Å². The van der Waals surface area contributed by atoms with E-state index in [2.05, 4.69) is 0 Å². The third-order valence-electron chi connectivity index (χ3n) is 0. The normalized spacial score (nSPS) is 0. The molecule has 0 unspecified atom stereocenters. The number of halogens is 2. The van der Waals surface area contributed by atoms with Crippen LogP contribution < -0.4 is 71.7 Å². The van der Waals surface area contributed by atoms with E-state index in [4.69, 9.17) is 0 Å². The largest absolute Gasteiger partial charge is 1.00 e. The Morgan fingerprint density at radius 1 is 0.500 bits per heavy atom. The molecule has 0 bridgehead atoms. The molecule has 0 spiro atoms. The van der Waals surface area contributed by atoms with Crippen molar-refractivity contribution in [2.45, 2.75) is 0 Å². The van der Waals surface area contributed by atoms with Crippen LogP contribution in [0.2, 0.25) is 0 Å². The first kappa shape index (κ1) is 35.2. The Morgan fingerprint density at radius 3 is 0.500 bits per heavy atom. The second-order valence-electron chi connectivity index (χ2n) is 0. The van der Waals surface area contributed by atoms with Gasteiger partial charge in [0.2, 0.25) is 0 Å². The zero-order valence-corrected chi connectivity index (χ0v) is 5.93. The van der Waals surface area contributed by atoms with Crippen LogP contribution in [-0.2, 0) is 0 Å². The number of rotatable bonds is 0. The van der Waals surface area contributed by atoms with Gasteiger partial charge in [-0.05, 0) is 0 Å². The minimum Gasteiger partial charge on any atom is -1.00 e. The molecule has 4 heavy (non-hydrogen) atoms. The molecule has 0 fully saturated rings. The molecule has 0 atom stereocenters. The average Bonchev–Trinajstić information content (AvgIpc) is 0. The van der Waals surface area contributed by atoms with E-state index in [0.717, 1.165) is 0 Å². The van der Waals surface area contributed by atoms with Gasteiger partial charge in [-0.15, -0.1) is 0 Å². The first-order chi connectivity index (χ1) is 0. The van der Waals surface area contributed by atoms with Crippen molar-refractivity contribution >= 4 is 0 Å². The van der Waals surface area contributed by atoms with E-state index in [1.807, 2.05) is 0 Å². The molecular weight excluding hydrogens is 174 g/mol. The van der Waals surface area contributed by atoms with Crippen molar-refractivity contribution in [3.05, 3.63) is 0 Å². The summed E-state index contributed by atoms with van der Waals surface area (Å²) in [5.41, 5.74) is 0. The molecule has 0 aliphatic heterocycles. The standard InChI is InChI=1S/2BrH.2Li/h2*1H;;/q;;2*+1/p-2. The summed E-state index contributed by atoms with van der Waals surface area (Å²) >= 11 is 0. The van der Waals surface area contributed by atoms with E-state index in [1.54, 1.807) is 0 Å². The van der Waals surface area contributed by atoms with Crippen LogP contribution in [0.15, 0.2) is 0 Å². The van der Waals surface area contributed by atoms with Gasteiger partial charge in [0.1, 0.15) is 0 Å². The molecule has 0 saturated carbocycles. The van der Waals surface area contributed by atoms with E-state index >= 15 is 0 Å². The van der Waals surface area contributed by atoms with Crippen LogP contribution in [0.25, 0.3) is 0 Å². The predicted octanol–water partition coefficient (Wildman–Crippen LogP) is -12.0. The molecule has 0 aromatic carbocycles. The maximum Gasteiger partial charge on any atom is 1.00 e. The number of hydrogen-bond acceptors (Lipinski definition) is 0. The summed E-state index contributed by atoms with van der Waals surface area (Å²) in [6.45, 7) is 0. The van der Waals surface area contributed by atoms with Gasteiger partial charge in [-0.1, -0.05) is 0 Å². The van der Waals surface area contributed by atoms with Gasteiger partial charge in [0.15, 0.2) is 0 Å². The second kappa shape index (κ2) is 19.2. The summed E-state index contributed by atoms with van der Waals surface area (Å²) in [4.78, 5) is 0. The maximum atomic E-state index is 0. The van der Waals surface area contributed by atoms with Crippen LogP contribution in [0.3, 0.4) is 0 Å². The van der Waals surface area contributed by atoms with Crippen LogP contribution in [0, 0.1) is 0 Å². The van der Waals surface area contributed by atoms with E-state index in [-0.39, 0.29) is 71.7 Å². The van der Waals surface area contributed by atoms with Crippen molar-refractivity contribution in [2.24, 2.45) is 0 Å². The topological polar surface area (TPSA) is 0 Å². The smallest absolute Gasteiger partial charge is 1.00 e. The summed E-state index contributed by atoms with van der Waals surface area (Å²) in [6, 6.07) is 0. The van der Waals surface area contributed by atoms with Crippen molar-refractivity contribution in [2.75, 3.05) is 0 Å². The van der Waals surface area contributed by atoms with Crippen LogP contribution in [0.5, 0.6) is 0 Å². The summed E-state index contributed by atoms with van der Waals surface area (Å²) in [7, 11) is 0. The second-order valence-corrected chi connectivity index (χ2v) is 0. The van der Waals surface area contributed by atoms with E-state index in [0.29, 0.717) is 0 Å². The minimum atomic E-state index is 0. The fourth-order valence-corrected chi connectivity index (χ4v) is 0. The van der Waals surface area contributed by atoms with E-state index < -0.39 is 0 Å². The van der Waals surface area contributed by atoms with Crippen molar-refractivity contribution in [3.63, 3.8) is 0 Å². The molecule has 0 nitrogen and oxygen atoms in total. The molecule has 4 heteroatoms. The van der Waals surface area contributed by atoms with Gasteiger partial charge in [-0.3, -0.25) is 0 Å². The molecule has 0 aliphatic carbocycles. The van der Waals surface area contributed by atoms with Gasteiger partial charge in [-0.2, -0.15) is 0 Å². The van der Waals surface area contributed by atoms with Crippen LogP contribution in [0.4, 0.5) is 0 Å². The molecule has 0 aliphatic rings. The Morgan fingerprint density at radius 2 is 0.500 bits per heavy atom. The monoisotopic (exact) mass is 172 g/mol. The molecule has 0 radical (unpaired) electrons. The molecule has 0 heterocycles. The zero-order valence-electron chi connectivity index (χ0n) is 2.76. The van der Waals surface area contributed by atoms with Crippen molar-refractivity contribution < 1.29 is 71.7 Å². The third-order valence-corrected chi connectivity index (χ3v) is 0. The van der Waals surface area contributed by atoms with E-state index in [1.165, 1.54) is 0 Å². The quantitative estimate of drug-likeness (QED) is 0.320. The summed E-state index contributed by atoms with van der Waals surface area (Å²) in [5.74, 6) is 0. The van der Waals surface area contributed by atoms with Crippen molar-refractivity contribution in [1.29, 1.82) is 0 Å². The molecule has 0 aromatic heterocycles. The SMILES string of the molecule is [Br-].[Br-].[Li+].[Li+]. The van der Waals surface area contributed by atoms with Crippen molar-refractivity contribution in [3.8, 4) is 0 Å². The fourth-order valence-electron chi connectivity index (χ4n) is 0. The molecule has 0 N–H and O–H groups in total. The Kier molecular flexibility index (Phi) is 169. The summed E-state index contributed by atoms with van der Waals surface area (Å²) in [5, 5.41) is 0. The van der Waals surface area contributed by atoms with Crippen molar-refractivity contribution in [1.82, 2.24) is 0 Å². The Labute approximate surface area is 71.0 Å². The predicted molar refractivity (Wildman–Crippen MR) is 0 cm³/mol. The Bertz CT molecular complexity index is 4.00. The Balaban J connectivity index is 0.